The van der Waals surface area contributed by atoms with Crippen LogP contribution in [0.1, 0.15) is 27.7 Å². The van der Waals surface area contributed by atoms with Gasteiger partial charge >= 0.3 is 6.01 Å². The van der Waals surface area contributed by atoms with Crippen LogP contribution in [0.3, 0.4) is 0 Å². The van der Waals surface area contributed by atoms with E-state index in [2.05, 4.69) is 31.0 Å². The number of nitrogens with zero attached hydrogens (tertiary/aromatic N) is 3. The second kappa shape index (κ2) is 7.02. The van der Waals surface area contributed by atoms with E-state index in [1.165, 1.54) is 0 Å². The van der Waals surface area contributed by atoms with Crippen molar-refractivity contribution in [2.75, 3.05) is 24.3 Å². The molecule has 1 aromatic rings. The van der Waals surface area contributed by atoms with Crippen LogP contribution in [-0.4, -0.2) is 40.6 Å². The summed E-state index contributed by atoms with van der Waals surface area (Å²) in [6.45, 7) is 7.70. The predicted molar refractivity (Wildman–Crippen MR) is 79.7 cm³/mol. The number of nitrogens with two attached hydrogens (primary N) is 1. The van der Waals surface area contributed by atoms with Crippen molar-refractivity contribution >= 4 is 17.8 Å². The molecule has 5 N–H and O–H groups in total. The molecular formula is C12H23N7O2. The maximum Gasteiger partial charge on any atom is 0.323 e. The molecule has 0 aromatic carbocycles. The molecule has 0 aliphatic rings. The summed E-state index contributed by atoms with van der Waals surface area (Å²) in [4.78, 5) is 23.9. The molecule has 9 heteroatoms. The van der Waals surface area contributed by atoms with Crippen molar-refractivity contribution in [3.63, 3.8) is 0 Å². The quantitative estimate of drug-likeness (QED) is 0.413. The van der Waals surface area contributed by atoms with Gasteiger partial charge in [-0.05, 0) is 27.7 Å². The monoisotopic (exact) mass is 297 g/mol. The number of aromatic nitrogens is 3. The van der Waals surface area contributed by atoms with E-state index in [0.717, 1.165) is 0 Å². The van der Waals surface area contributed by atoms with Crippen LogP contribution >= 0.6 is 0 Å². The third kappa shape index (κ3) is 5.03. The molecule has 0 saturated carbocycles. The summed E-state index contributed by atoms with van der Waals surface area (Å²) in [7, 11) is 1.60. The lowest BCUT2D eigenvalue weighted by atomic mass is 9.92. The van der Waals surface area contributed by atoms with E-state index in [-0.39, 0.29) is 29.9 Å². The highest BCUT2D eigenvalue weighted by Gasteiger charge is 2.26. The van der Waals surface area contributed by atoms with Crippen LogP contribution in [0.4, 0.5) is 11.9 Å². The SMILES string of the molecule is CNC(=O)C(C)(C)CNc1nc(NN)nc(OC(C)C)n1. The van der Waals surface area contributed by atoms with Gasteiger partial charge in [-0.15, -0.1) is 0 Å². The standard InChI is InChI=1S/C12H23N7O2/c1-7(2)21-11-17-9(16-10(18-11)19-13)15-6-12(3,4)8(20)14-5/h7H,6,13H2,1-5H3,(H,14,20)(H2,15,16,17,18,19). The lowest BCUT2D eigenvalue weighted by Crippen LogP contribution is -2.39. The van der Waals surface area contributed by atoms with E-state index >= 15 is 0 Å². The molecule has 0 aliphatic heterocycles. The Morgan fingerprint density at radius 2 is 1.90 bits per heavy atom. The molecule has 1 rings (SSSR count). The van der Waals surface area contributed by atoms with Gasteiger partial charge in [0.15, 0.2) is 0 Å². The van der Waals surface area contributed by atoms with Crippen LogP contribution in [-0.2, 0) is 4.79 Å². The average Bonchev–Trinajstić information content (AvgIpc) is 2.43. The number of amides is 1. The highest BCUT2D eigenvalue weighted by atomic mass is 16.5. The van der Waals surface area contributed by atoms with E-state index in [1.807, 2.05) is 27.7 Å². The van der Waals surface area contributed by atoms with Crippen molar-refractivity contribution in [1.82, 2.24) is 20.3 Å². The first-order valence-electron chi connectivity index (χ1n) is 6.64. The number of carbonyl (C=O) groups excluding carboxylic acids is 1. The van der Waals surface area contributed by atoms with Gasteiger partial charge in [0.05, 0.1) is 11.5 Å². The molecule has 9 nitrogen and oxygen atoms in total. The fraction of sp³-hybridized carbons (Fsp3) is 0.667. The zero-order valence-corrected chi connectivity index (χ0v) is 13.0. The first-order chi connectivity index (χ1) is 9.78. The summed E-state index contributed by atoms with van der Waals surface area (Å²) in [5.41, 5.74) is 1.74. The Balaban J connectivity index is 2.85. The Hall–Kier alpha value is -2.16. The number of nitrogen functional groups attached to an aromatic ring is 1. The normalized spacial score (nSPS) is 11.2. The molecule has 0 bridgehead atoms. The predicted octanol–water partition coefficient (Wildman–Crippen LogP) is 0.129. The van der Waals surface area contributed by atoms with Crippen molar-refractivity contribution in [1.29, 1.82) is 0 Å². The second-order valence-corrected chi connectivity index (χ2v) is 5.39. The Morgan fingerprint density at radius 3 is 2.43 bits per heavy atom. The molecule has 1 amide bonds. The molecule has 0 saturated heterocycles. The van der Waals surface area contributed by atoms with Crippen molar-refractivity contribution in [3.8, 4) is 6.01 Å². The second-order valence-electron chi connectivity index (χ2n) is 5.39. The van der Waals surface area contributed by atoms with Crippen LogP contribution in [0.5, 0.6) is 6.01 Å². The molecule has 118 valence electrons. The van der Waals surface area contributed by atoms with Gasteiger partial charge in [0, 0.05) is 13.6 Å². The zero-order chi connectivity index (χ0) is 16.0. The van der Waals surface area contributed by atoms with Crippen molar-refractivity contribution in [2.45, 2.75) is 33.8 Å². The van der Waals surface area contributed by atoms with Crippen LogP contribution < -0.4 is 26.6 Å². The first kappa shape index (κ1) is 16.9. The van der Waals surface area contributed by atoms with Crippen molar-refractivity contribution in [2.24, 2.45) is 11.3 Å². The molecule has 0 radical (unpaired) electrons. The van der Waals surface area contributed by atoms with E-state index in [1.54, 1.807) is 7.05 Å². The van der Waals surface area contributed by atoms with Gasteiger partial charge in [-0.3, -0.25) is 10.2 Å². The number of nitrogens with one attached hydrogen (secondary N) is 3. The third-order valence-electron chi connectivity index (χ3n) is 2.62. The van der Waals surface area contributed by atoms with Gasteiger partial charge in [-0.2, -0.15) is 15.0 Å². The molecule has 21 heavy (non-hydrogen) atoms. The van der Waals surface area contributed by atoms with Crippen LogP contribution in [0.15, 0.2) is 0 Å². The lowest BCUT2D eigenvalue weighted by Gasteiger charge is -2.22. The fourth-order valence-corrected chi connectivity index (χ4v) is 1.48. The van der Waals surface area contributed by atoms with E-state index in [9.17, 15) is 4.79 Å². The topological polar surface area (TPSA) is 127 Å². The van der Waals surface area contributed by atoms with Gasteiger partial charge in [0.2, 0.25) is 17.8 Å². The number of hydrazine groups is 1. The number of rotatable bonds is 7. The number of hydrogen-bond acceptors (Lipinski definition) is 8. The lowest BCUT2D eigenvalue weighted by molar-refractivity contribution is -0.128. The summed E-state index contributed by atoms with van der Waals surface area (Å²) in [5.74, 6) is 5.70. The Bertz CT molecular complexity index is 490. The first-order valence-corrected chi connectivity index (χ1v) is 6.64. The average molecular weight is 297 g/mol. The van der Waals surface area contributed by atoms with E-state index in [4.69, 9.17) is 10.6 Å². The summed E-state index contributed by atoms with van der Waals surface area (Å²) in [5, 5.41) is 5.60. The van der Waals surface area contributed by atoms with E-state index < -0.39 is 5.41 Å². The largest absolute Gasteiger partial charge is 0.461 e. The van der Waals surface area contributed by atoms with Crippen molar-refractivity contribution < 1.29 is 9.53 Å². The minimum Gasteiger partial charge on any atom is -0.461 e. The summed E-state index contributed by atoms with van der Waals surface area (Å²) >= 11 is 0. The summed E-state index contributed by atoms with van der Waals surface area (Å²) in [6, 6.07) is 0.160. The molecular weight excluding hydrogens is 274 g/mol. The Morgan fingerprint density at radius 1 is 1.29 bits per heavy atom. The Kier molecular flexibility index (Phi) is 5.65. The van der Waals surface area contributed by atoms with Gasteiger partial charge in [-0.1, -0.05) is 0 Å². The van der Waals surface area contributed by atoms with E-state index in [0.29, 0.717) is 6.54 Å². The summed E-state index contributed by atoms with van der Waals surface area (Å²) < 4.78 is 5.42. The molecule has 0 unspecified atom stereocenters. The molecule has 1 heterocycles. The number of carbonyl (C=O) groups is 1. The van der Waals surface area contributed by atoms with Gasteiger partial charge in [0.1, 0.15) is 0 Å². The van der Waals surface area contributed by atoms with Crippen LogP contribution in [0, 0.1) is 5.41 Å². The molecule has 0 spiro atoms. The number of hydrogen-bond donors (Lipinski definition) is 4. The minimum atomic E-state index is -0.614. The van der Waals surface area contributed by atoms with Crippen molar-refractivity contribution in [3.05, 3.63) is 0 Å². The maximum absolute atomic E-state index is 11.7. The molecule has 0 aliphatic carbocycles. The Labute approximate surface area is 124 Å². The van der Waals surface area contributed by atoms with Gasteiger partial charge in [0.25, 0.3) is 0 Å². The third-order valence-corrected chi connectivity index (χ3v) is 2.62. The summed E-state index contributed by atoms with van der Waals surface area (Å²) in [6.07, 6.45) is -0.0758. The van der Waals surface area contributed by atoms with Gasteiger partial charge in [-0.25, -0.2) is 5.84 Å². The minimum absolute atomic E-state index is 0.0758. The maximum atomic E-state index is 11.7. The molecule has 0 fully saturated rings. The smallest absolute Gasteiger partial charge is 0.323 e. The fourth-order valence-electron chi connectivity index (χ4n) is 1.48. The number of anilines is 2. The highest BCUT2D eigenvalue weighted by Crippen LogP contribution is 2.17. The van der Waals surface area contributed by atoms with Crippen LogP contribution in [0.25, 0.3) is 0 Å². The van der Waals surface area contributed by atoms with Gasteiger partial charge < -0.3 is 15.4 Å². The zero-order valence-electron chi connectivity index (χ0n) is 13.0. The number of ether oxygens (including phenoxy) is 1. The highest BCUT2D eigenvalue weighted by molar-refractivity contribution is 5.82. The van der Waals surface area contributed by atoms with Crippen LogP contribution in [0.2, 0.25) is 0 Å². The molecule has 1 aromatic heterocycles. The molecule has 0 atom stereocenters.